The molecule has 4 rings (SSSR count). The van der Waals surface area contributed by atoms with E-state index in [9.17, 15) is 9.18 Å². The highest BCUT2D eigenvalue weighted by Crippen LogP contribution is 2.25. The summed E-state index contributed by atoms with van der Waals surface area (Å²) in [7, 11) is 0. The Balaban J connectivity index is 1.35. The van der Waals surface area contributed by atoms with Crippen LogP contribution >= 0.6 is 0 Å². The minimum atomic E-state index is -0.310. The molecule has 0 atom stereocenters. The van der Waals surface area contributed by atoms with Crippen molar-refractivity contribution in [3.8, 4) is 11.3 Å². The van der Waals surface area contributed by atoms with E-state index in [2.05, 4.69) is 33.4 Å². The molecule has 3 aromatic rings. The maximum Gasteiger partial charge on any atom is 0.227 e. The van der Waals surface area contributed by atoms with Crippen LogP contribution in [0.4, 0.5) is 15.9 Å². The molecule has 0 radical (unpaired) electrons. The predicted octanol–water partition coefficient (Wildman–Crippen LogP) is 4.75. The number of piperidine rings is 1. The summed E-state index contributed by atoms with van der Waals surface area (Å²) in [5, 5.41) is 11.7. The van der Waals surface area contributed by atoms with Gasteiger partial charge in [0.1, 0.15) is 5.82 Å². The second kappa shape index (κ2) is 8.61. The lowest BCUT2D eigenvalue weighted by Gasteiger charge is -2.31. The average molecular weight is 404 g/mol. The number of nitrogens with zero attached hydrogens (tertiary/aromatic N) is 3. The van der Waals surface area contributed by atoms with E-state index in [4.69, 9.17) is 0 Å². The maximum absolute atomic E-state index is 13.7. The van der Waals surface area contributed by atoms with Crippen LogP contribution in [0.15, 0.2) is 54.6 Å². The number of amides is 1. The molecule has 0 aliphatic carbocycles. The number of hydrogen-bond acceptors (Lipinski definition) is 4. The summed E-state index contributed by atoms with van der Waals surface area (Å²) in [5.74, 6) is 0.367. The lowest BCUT2D eigenvalue weighted by atomic mass is 9.95. The quantitative estimate of drug-likeness (QED) is 0.681. The summed E-state index contributed by atoms with van der Waals surface area (Å²) in [6.07, 6.45) is 1.45. The third-order valence-corrected chi connectivity index (χ3v) is 5.70. The number of halogens is 1. The zero-order valence-corrected chi connectivity index (χ0v) is 17.2. The summed E-state index contributed by atoms with van der Waals surface area (Å²) in [5.41, 5.74) is 4.18. The molecule has 0 spiro atoms. The van der Waals surface area contributed by atoms with E-state index in [1.807, 2.05) is 30.3 Å². The molecule has 1 N–H and O–H groups in total. The lowest BCUT2D eigenvalue weighted by molar-refractivity contribution is -0.120. The zero-order valence-electron chi connectivity index (χ0n) is 17.2. The number of aromatic nitrogens is 2. The van der Waals surface area contributed by atoms with E-state index >= 15 is 0 Å². The van der Waals surface area contributed by atoms with E-state index in [0.717, 1.165) is 43.0 Å². The van der Waals surface area contributed by atoms with Crippen LogP contribution in [0.5, 0.6) is 0 Å². The van der Waals surface area contributed by atoms with Crippen LogP contribution in [0.1, 0.15) is 24.0 Å². The zero-order chi connectivity index (χ0) is 21.1. The first-order valence-electron chi connectivity index (χ1n) is 10.2. The standard InChI is InChI=1S/C24H25FN4O/c1-16-5-3-4-6-20(16)22-9-10-23(28-27-22)29-13-11-18(12-14-29)24(30)26-19-8-7-17(2)21(25)15-19/h3-10,15,18H,11-14H2,1-2H3,(H,26,30). The first-order chi connectivity index (χ1) is 14.5. The molecule has 0 saturated carbocycles. The molecule has 0 unspecified atom stereocenters. The fourth-order valence-electron chi connectivity index (χ4n) is 3.78. The van der Waals surface area contributed by atoms with Crippen LogP contribution < -0.4 is 10.2 Å². The molecule has 30 heavy (non-hydrogen) atoms. The fourth-order valence-corrected chi connectivity index (χ4v) is 3.78. The molecule has 154 valence electrons. The number of rotatable bonds is 4. The number of benzene rings is 2. The molecule has 1 aliphatic heterocycles. The molecule has 5 nitrogen and oxygen atoms in total. The van der Waals surface area contributed by atoms with Gasteiger partial charge < -0.3 is 10.2 Å². The molecule has 1 fully saturated rings. The molecule has 1 aliphatic rings. The highest BCUT2D eigenvalue weighted by molar-refractivity contribution is 5.92. The number of carbonyl (C=O) groups excluding carboxylic acids is 1. The van der Waals surface area contributed by atoms with Gasteiger partial charge in [0, 0.05) is 30.3 Å². The fraction of sp³-hybridized carbons (Fsp3) is 0.292. The number of hydrogen-bond donors (Lipinski definition) is 1. The van der Waals surface area contributed by atoms with Crippen LogP contribution in [0.25, 0.3) is 11.3 Å². The summed E-state index contributed by atoms with van der Waals surface area (Å²) in [6.45, 7) is 5.23. The van der Waals surface area contributed by atoms with Crippen molar-refractivity contribution in [2.45, 2.75) is 26.7 Å². The smallest absolute Gasteiger partial charge is 0.227 e. The van der Waals surface area contributed by atoms with Gasteiger partial charge in [-0.25, -0.2) is 4.39 Å². The Morgan fingerprint density at radius 1 is 1.00 bits per heavy atom. The van der Waals surface area contributed by atoms with E-state index in [-0.39, 0.29) is 17.6 Å². The van der Waals surface area contributed by atoms with Gasteiger partial charge in [-0.3, -0.25) is 4.79 Å². The average Bonchev–Trinajstić information content (AvgIpc) is 2.77. The van der Waals surface area contributed by atoms with Crippen molar-refractivity contribution in [1.82, 2.24) is 10.2 Å². The number of aryl methyl sites for hydroxylation is 2. The molecular formula is C24H25FN4O. The number of nitrogens with one attached hydrogen (secondary N) is 1. The summed E-state index contributed by atoms with van der Waals surface area (Å²) >= 11 is 0. The van der Waals surface area contributed by atoms with Crippen LogP contribution in [0.2, 0.25) is 0 Å². The van der Waals surface area contributed by atoms with Gasteiger partial charge >= 0.3 is 0 Å². The second-order valence-corrected chi connectivity index (χ2v) is 7.81. The van der Waals surface area contributed by atoms with Gasteiger partial charge in [0.25, 0.3) is 0 Å². The maximum atomic E-state index is 13.7. The highest BCUT2D eigenvalue weighted by atomic mass is 19.1. The highest BCUT2D eigenvalue weighted by Gasteiger charge is 2.26. The van der Waals surface area contributed by atoms with Crippen LogP contribution in [-0.4, -0.2) is 29.2 Å². The van der Waals surface area contributed by atoms with Gasteiger partial charge in [0.05, 0.1) is 5.69 Å². The van der Waals surface area contributed by atoms with Crippen molar-refractivity contribution in [1.29, 1.82) is 0 Å². The number of anilines is 2. The van der Waals surface area contributed by atoms with Gasteiger partial charge in [-0.2, -0.15) is 0 Å². The molecule has 1 saturated heterocycles. The van der Waals surface area contributed by atoms with E-state index in [1.54, 1.807) is 19.1 Å². The first-order valence-corrected chi connectivity index (χ1v) is 10.2. The largest absolute Gasteiger partial charge is 0.355 e. The van der Waals surface area contributed by atoms with E-state index in [0.29, 0.717) is 11.3 Å². The Hall–Kier alpha value is -3.28. The first kappa shape index (κ1) is 20.0. The third kappa shape index (κ3) is 4.32. The molecule has 0 bridgehead atoms. The lowest BCUT2D eigenvalue weighted by Crippen LogP contribution is -2.38. The molecular weight excluding hydrogens is 379 g/mol. The Kier molecular flexibility index (Phi) is 5.74. The Labute approximate surface area is 176 Å². The van der Waals surface area contributed by atoms with Gasteiger partial charge in [0.15, 0.2) is 5.82 Å². The Bertz CT molecular complexity index is 1040. The van der Waals surface area contributed by atoms with Gasteiger partial charge in [-0.15, -0.1) is 10.2 Å². The monoisotopic (exact) mass is 404 g/mol. The van der Waals surface area contributed by atoms with Crippen LogP contribution in [0, 0.1) is 25.6 Å². The Morgan fingerprint density at radius 2 is 1.77 bits per heavy atom. The predicted molar refractivity (Wildman–Crippen MR) is 117 cm³/mol. The van der Waals surface area contributed by atoms with Crippen molar-refractivity contribution in [3.63, 3.8) is 0 Å². The second-order valence-electron chi connectivity index (χ2n) is 7.81. The van der Waals surface area contributed by atoms with Crippen molar-refractivity contribution in [2.75, 3.05) is 23.3 Å². The topological polar surface area (TPSA) is 58.1 Å². The minimum absolute atomic E-state index is 0.0566. The summed E-state index contributed by atoms with van der Waals surface area (Å²) < 4.78 is 13.7. The van der Waals surface area contributed by atoms with Gasteiger partial charge in [-0.05, 0) is 62.1 Å². The van der Waals surface area contributed by atoms with Gasteiger partial charge in [-0.1, -0.05) is 30.3 Å². The van der Waals surface area contributed by atoms with Crippen molar-refractivity contribution < 1.29 is 9.18 Å². The normalized spacial score (nSPS) is 14.6. The SMILES string of the molecule is Cc1ccc(NC(=O)C2CCN(c3ccc(-c4ccccc4C)nn3)CC2)cc1F. The van der Waals surface area contributed by atoms with E-state index in [1.165, 1.54) is 11.6 Å². The van der Waals surface area contributed by atoms with Crippen molar-refractivity contribution in [3.05, 3.63) is 71.5 Å². The molecule has 1 amide bonds. The van der Waals surface area contributed by atoms with Crippen molar-refractivity contribution in [2.24, 2.45) is 5.92 Å². The van der Waals surface area contributed by atoms with E-state index < -0.39 is 0 Å². The summed E-state index contributed by atoms with van der Waals surface area (Å²) in [6, 6.07) is 16.9. The molecule has 2 heterocycles. The van der Waals surface area contributed by atoms with Gasteiger partial charge in [0.2, 0.25) is 5.91 Å². The van der Waals surface area contributed by atoms with Crippen molar-refractivity contribution >= 4 is 17.4 Å². The summed E-state index contributed by atoms with van der Waals surface area (Å²) in [4.78, 5) is 14.7. The minimum Gasteiger partial charge on any atom is -0.355 e. The number of carbonyl (C=O) groups is 1. The molecule has 2 aromatic carbocycles. The Morgan fingerprint density at radius 3 is 2.43 bits per heavy atom. The molecule has 6 heteroatoms. The van der Waals surface area contributed by atoms with Crippen LogP contribution in [0.3, 0.4) is 0 Å². The molecule has 1 aromatic heterocycles. The van der Waals surface area contributed by atoms with Crippen LogP contribution in [-0.2, 0) is 4.79 Å². The third-order valence-electron chi connectivity index (χ3n) is 5.70.